The topological polar surface area (TPSA) is 59.1 Å². The van der Waals surface area contributed by atoms with E-state index in [0.29, 0.717) is 41.1 Å². The van der Waals surface area contributed by atoms with Gasteiger partial charge in [-0.2, -0.15) is 0 Å². The molecule has 0 unspecified atom stereocenters. The molecule has 0 aliphatic carbocycles. The van der Waals surface area contributed by atoms with Crippen LogP contribution in [0.5, 0.6) is 11.5 Å². The summed E-state index contributed by atoms with van der Waals surface area (Å²) in [6.45, 7) is 8.59. The van der Waals surface area contributed by atoms with Gasteiger partial charge in [0.2, 0.25) is 0 Å². The van der Waals surface area contributed by atoms with Crippen LogP contribution in [-0.2, 0) is 9.59 Å². The van der Waals surface area contributed by atoms with Gasteiger partial charge in [-0.1, -0.05) is 32.9 Å². The van der Waals surface area contributed by atoms with Crippen LogP contribution < -0.4 is 14.4 Å². The van der Waals surface area contributed by atoms with E-state index in [1.165, 1.54) is 4.90 Å². The number of rotatable bonds is 7. The Morgan fingerprint density at radius 2 is 1.52 bits per heavy atom. The van der Waals surface area contributed by atoms with Crippen LogP contribution in [0.1, 0.15) is 39.2 Å². The van der Waals surface area contributed by atoms with Gasteiger partial charge in [-0.05, 0) is 66.6 Å². The fourth-order valence-electron chi connectivity index (χ4n) is 4.25. The third kappa shape index (κ3) is 4.75. The average molecular weight is 449 g/mol. The molecule has 0 aromatic heterocycles. The summed E-state index contributed by atoms with van der Waals surface area (Å²) in [6.07, 6.45) is 2.01. The normalized spacial score (nSPS) is 17.4. The number of methoxy groups -OCH3 is 1. The Morgan fingerprint density at radius 3 is 2.09 bits per heavy atom. The summed E-state index contributed by atoms with van der Waals surface area (Å²) < 4.78 is 11.0. The number of ether oxygens (including phenoxy) is 2. The van der Waals surface area contributed by atoms with E-state index in [-0.39, 0.29) is 11.8 Å². The predicted molar refractivity (Wildman–Crippen MR) is 129 cm³/mol. The molecule has 2 aromatic carbocycles. The lowest BCUT2D eigenvalue weighted by atomic mass is 9.97. The molecule has 0 radical (unpaired) electrons. The second-order valence-electron chi connectivity index (χ2n) is 9.27. The van der Waals surface area contributed by atoms with Crippen molar-refractivity contribution < 1.29 is 19.1 Å². The fraction of sp³-hybridized carbons (Fsp3) is 0.407. The first-order valence-corrected chi connectivity index (χ1v) is 11.6. The molecular weight excluding hydrogens is 416 g/mol. The SMILES string of the molecule is COc1ccc(N2C(=O)C(c3ccc(OCC(C)C)cc3)=C(N3CCC(C)CC3)C2=O)cc1. The van der Waals surface area contributed by atoms with Crippen molar-refractivity contribution in [2.75, 3.05) is 31.7 Å². The van der Waals surface area contributed by atoms with E-state index < -0.39 is 0 Å². The van der Waals surface area contributed by atoms with E-state index in [1.807, 2.05) is 24.3 Å². The van der Waals surface area contributed by atoms with Crippen molar-refractivity contribution in [3.05, 3.63) is 59.8 Å². The van der Waals surface area contributed by atoms with Gasteiger partial charge in [0.1, 0.15) is 17.2 Å². The number of likely N-dealkylation sites (tertiary alicyclic amines) is 1. The first-order chi connectivity index (χ1) is 15.9. The Kier molecular flexibility index (Phi) is 6.72. The number of carbonyl (C=O) groups is 2. The molecule has 174 valence electrons. The van der Waals surface area contributed by atoms with Crippen LogP contribution >= 0.6 is 0 Å². The van der Waals surface area contributed by atoms with Gasteiger partial charge in [0.15, 0.2) is 0 Å². The predicted octanol–water partition coefficient (Wildman–Crippen LogP) is 4.75. The summed E-state index contributed by atoms with van der Waals surface area (Å²) in [7, 11) is 1.59. The maximum Gasteiger partial charge on any atom is 0.282 e. The largest absolute Gasteiger partial charge is 0.497 e. The molecule has 6 nitrogen and oxygen atoms in total. The zero-order valence-corrected chi connectivity index (χ0v) is 19.8. The molecule has 1 fully saturated rings. The van der Waals surface area contributed by atoms with Crippen LogP contribution in [0.4, 0.5) is 5.69 Å². The Labute approximate surface area is 195 Å². The summed E-state index contributed by atoms with van der Waals surface area (Å²) in [5, 5.41) is 0. The maximum atomic E-state index is 13.6. The van der Waals surface area contributed by atoms with Crippen LogP contribution in [0.3, 0.4) is 0 Å². The van der Waals surface area contributed by atoms with E-state index in [1.54, 1.807) is 31.4 Å². The van der Waals surface area contributed by atoms with Gasteiger partial charge in [-0.3, -0.25) is 9.59 Å². The highest BCUT2D eigenvalue weighted by Gasteiger charge is 2.43. The van der Waals surface area contributed by atoms with Crippen molar-refractivity contribution in [2.24, 2.45) is 11.8 Å². The molecule has 2 heterocycles. The Morgan fingerprint density at radius 1 is 0.909 bits per heavy atom. The number of imide groups is 1. The van der Waals surface area contributed by atoms with E-state index >= 15 is 0 Å². The Balaban J connectivity index is 1.70. The number of hydrogen-bond acceptors (Lipinski definition) is 5. The molecule has 0 spiro atoms. The zero-order valence-electron chi connectivity index (χ0n) is 19.8. The summed E-state index contributed by atoms with van der Waals surface area (Å²) in [6, 6.07) is 14.5. The molecule has 33 heavy (non-hydrogen) atoms. The van der Waals surface area contributed by atoms with Gasteiger partial charge < -0.3 is 14.4 Å². The van der Waals surface area contributed by atoms with Gasteiger partial charge in [-0.15, -0.1) is 0 Å². The van der Waals surface area contributed by atoms with Crippen molar-refractivity contribution in [3.8, 4) is 11.5 Å². The molecule has 2 aromatic rings. The third-order valence-electron chi connectivity index (χ3n) is 6.22. The van der Waals surface area contributed by atoms with Crippen molar-refractivity contribution in [3.63, 3.8) is 0 Å². The fourth-order valence-corrected chi connectivity index (χ4v) is 4.25. The average Bonchev–Trinajstić information content (AvgIpc) is 3.08. The molecule has 6 heteroatoms. The van der Waals surface area contributed by atoms with Crippen LogP contribution in [0.2, 0.25) is 0 Å². The quantitative estimate of drug-likeness (QED) is 0.573. The number of amides is 2. The Hall–Kier alpha value is -3.28. The summed E-state index contributed by atoms with van der Waals surface area (Å²) >= 11 is 0. The minimum atomic E-state index is -0.297. The van der Waals surface area contributed by atoms with Crippen molar-refractivity contribution in [2.45, 2.75) is 33.6 Å². The summed E-state index contributed by atoms with van der Waals surface area (Å²) in [4.78, 5) is 30.6. The molecule has 2 aliphatic rings. The van der Waals surface area contributed by atoms with E-state index in [0.717, 1.165) is 37.2 Å². The first-order valence-electron chi connectivity index (χ1n) is 11.6. The molecule has 0 N–H and O–H groups in total. The Bertz CT molecular complexity index is 1030. The number of piperidine rings is 1. The third-order valence-corrected chi connectivity index (χ3v) is 6.22. The molecule has 0 bridgehead atoms. The van der Waals surface area contributed by atoms with Crippen LogP contribution in [-0.4, -0.2) is 43.5 Å². The molecule has 4 rings (SSSR count). The monoisotopic (exact) mass is 448 g/mol. The second-order valence-corrected chi connectivity index (χ2v) is 9.27. The molecule has 0 atom stereocenters. The van der Waals surface area contributed by atoms with Gasteiger partial charge in [0.25, 0.3) is 11.8 Å². The minimum absolute atomic E-state index is 0.269. The highest BCUT2D eigenvalue weighted by molar-refractivity contribution is 6.45. The van der Waals surface area contributed by atoms with Crippen molar-refractivity contribution in [1.82, 2.24) is 4.90 Å². The number of carbonyl (C=O) groups excluding carboxylic acids is 2. The standard InChI is InChI=1S/C27H32N2O4/c1-18(2)17-33-23-9-5-20(6-10-23)24-25(28-15-13-19(3)14-16-28)27(31)29(26(24)30)21-7-11-22(32-4)12-8-21/h5-12,18-19H,13-17H2,1-4H3. The zero-order chi connectivity index (χ0) is 23.5. The summed E-state index contributed by atoms with van der Waals surface area (Å²) in [5.74, 6) is 1.91. The van der Waals surface area contributed by atoms with E-state index in [4.69, 9.17) is 9.47 Å². The van der Waals surface area contributed by atoms with Gasteiger partial charge >= 0.3 is 0 Å². The van der Waals surface area contributed by atoms with Gasteiger partial charge in [0.05, 0.1) is 25.0 Å². The van der Waals surface area contributed by atoms with Gasteiger partial charge in [0, 0.05) is 13.1 Å². The lowest BCUT2D eigenvalue weighted by molar-refractivity contribution is -0.120. The highest BCUT2D eigenvalue weighted by Crippen LogP contribution is 2.37. The molecule has 2 amide bonds. The molecule has 0 saturated carbocycles. The van der Waals surface area contributed by atoms with Crippen LogP contribution in [0.25, 0.3) is 5.57 Å². The number of benzene rings is 2. The highest BCUT2D eigenvalue weighted by atomic mass is 16.5. The molecular formula is C27H32N2O4. The minimum Gasteiger partial charge on any atom is -0.497 e. The molecule has 1 saturated heterocycles. The van der Waals surface area contributed by atoms with Crippen molar-refractivity contribution >= 4 is 23.1 Å². The number of nitrogens with zero attached hydrogens (tertiary/aromatic N) is 2. The smallest absolute Gasteiger partial charge is 0.282 e. The lowest BCUT2D eigenvalue weighted by Crippen LogP contribution is -2.38. The number of anilines is 1. The van der Waals surface area contributed by atoms with Crippen molar-refractivity contribution in [1.29, 1.82) is 0 Å². The summed E-state index contributed by atoms with van der Waals surface area (Å²) in [5.41, 5.74) is 2.23. The van der Waals surface area contributed by atoms with E-state index in [2.05, 4.69) is 25.7 Å². The lowest BCUT2D eigenvalue weighted by Gasteiger charge is -2.32. The van der Waals surface area contributed by atoms with Crippen LogP contribution in [0, 0.1) is 11.8 Å². The number of hydrogen-bond donors (Lipinski definition) is 0. The first kappa shape index (κ1) is 22.9. The van der Waals surface area contributed by atoms with E-state index in [9.17, 15) is 9.59 Å². The van der Waals surface area contributed by atoms with Crippen LogP contribution in [0.15, 0.2) is 54.2 Å². The van der Waals surface area contributed by atoms with Gasteiger partial charge in [-0.25, -0.2) is 4.90 Å². The maximum absolute atomic E-state index is 13.6. The second kappa shape index (κ2) is 9.69. The molecule has 2 aliphatic heterocycles.